The topological polar surface area (TPSA) is 50.2 Å². The fourth-order valence-corrected chi connectivity index (χ4v) is 3.54. The molecule has 5 heteroatoms. The third-order valence-electron chi connectivity index (χ3n) is 4.94. The molecule has 1 N–H and O–H groups in total. The van der Waals surface area contributed by atoms with E-state index in [0.29, 0.717) is 12.1 Å². The highest BCUT2D eigenvalue weighted by Crippen LogP contribution is 2.14. The number of nitrogens with one attached hydrogen (secondary N) is 1. The van der Waals surface area contributed by atoms with Crippen molar-refractivity contribution < 1.29 is 4.79 Å². The molecule has 0 radical (unpaired) electrons. The van der Waals surface area contributed by atoms with E-state index in [-0.39, 0.29) is 11.9 Å². The van der Waals surface area contributed by atoms with Crippen LogP contribution in [0.2, 0.25) is 0 Å². The lowest BCUT2D eigenvalue weighted by atomic mass is 10.2. The predicted molar refractivity (Wildman–Crippen MR) is 105 cm³/mol. The Labute approximate surface area is 159 Å². The molecular weight excluding hydrogens is 336 g/mol. The van der Waals surface area contributed by atoms with Gasteiger partial charge in [0.05, 0.1) is 18.3 Å². The van der Waals surface area contributed by atoms with Gasteiger partial charge in [-0.1, -0.05) is 60.7 Å². The number of carbonyl (C=O) groups is 1. The van der Waals surface area contributed by atoms with Gasteiger partial charge in [0.2, 0.25) is 0 Å². The molecule has 0 spiro atoms. The van der Waals surface area contributed by atoms with Crippen LogP contribution in [-0.4, -0.2) is 39.7 Å². The highest BCUT2D eigenvalue weighted by atomic mass is 16.1. The molecule has 1 atom stereocenters. The van der Waals surface area contributed by atoms with E-state index in [1.54, 1.807) is 10.9 Å². The summed E-state index contributed by atoms with van der Waals surface area (Å²) in [6.07, 6.45) is 4.45. The van der Waals surface area contributed by atoms with Gasteiger partial charge in [0.15, 0.2) is 0 Å². The summed E-state index contributed by atoms with van der Waals surface area (Å²) in [5.41, 5.74) is 3.10. The third kappa shape index (κ3) is 4.63. The summed E-state index contributed by atoms with van der Waals surface area (Å²) >= 11 is 0. The van der Waals surface area contributed by atoms with E-state index in [1.165, 1.54) is 11.1 Å². The zero-order chi connectivity index (χ0) is 18.5. The Balaban J connectivity index is 1.29. The Hall–Kier alpha value is -2.92. The Morgan fingerprint density at radius 3 is 2.37 bits per heavy atom. The van der Waals surface area contributed by atoms with Gasteiger partial charge in [-0.3, -0.25) is 14.4 Å². The van der Waals surface area contributed by atoms with Crippen molar-refractivity contribution in [3.63, 3.8) is 0 Å². The molecule has 3 aromatic rings. The number of nitrogens with zero attached hydrogens (tertiary/aromatic N) is 3. The van der Waals surface area contributed by atoms with Crippen LogP contribution < -0.4 is 5.32 Å². The minimum absolute atomic E-state index is 0.0409. The largest absolute Gasteiger partial charge is 0.348 e. The molecule has 1 aliphatic rings. The summed E-state index contributed by atoms with van der Waals surface area (Å²) in [4.78, 5) is 14.9. The van der Waals surface area contributed by atoms with E-state index < -0.39 is 0 Å². The van der Waals surface area contributed by atoms with Crippen molar-refractivity contribution in [3.8, 4) is 0 Å². The second kappa shape index (κ2) is 8.18. The number of amides is 1. The van der Waals surface area contributed by atoms with Crippen LogP contribution in [0, 0.1) is 0 Å². The normalized spacial score (nSPS) is 17.1. The first-order valence-electron chi connectivity index (χ1n) is 9.40. The molecule has 1 fully saturated rings. The van der Waals surface area contributed by atoms with Gasteiger partial charge < -0.3 is 5.32 Å². The van der Waals surface area contributed by atoms with Gasteiger partial charge >= 0.3 is 0 Å². The Kier molecular flexibility index (Phi) is 5.30. The Morgan fingerprint density at radius 1 is 1.00 bits per heavy atom. The lowest BCUT2D eigenvalue weighted by Crippen LogP contribution is -2.36. The molecule has 0 unspecified atom stereocenters. The average Bonchev–Trinajstić information content (AvgIpc) is 3.33. The molecule has 2 aromatic carbocycles. The third-order valence-corrected chi connectivity index (χ3v) is 4.94. The first-order valence-corrected chi connectivity index (χ1v) is 9.40. The summed E-state index contributed by atoms with van der Waals surface area (Å²) in [6.45, 7) is 3.50. The quantitative estimate of drug-likeness (QED) is 0.735. The highest BCUT2D eigenvalue weighted by molar-refractivity contribution is 5.93. The van der Waals surface area contributed by atoms with E-state index in [1.807, 2.05) is 30.5 Å². The number of hydrogen-bond donors (Lipinski definition) is 1. The van der Waals surface area contributed by atoms with Crippen LogP contribution >= 0.6 is 0 Å². The molecule has 0 saturated carbocycles. The smallest absolute Gasteiger partial charge is 0.254 e. The molecule has 5 nitrogen and oxygen atoms in total. The molecule has 27 heavy (non-hydrogen) atoms. The van der Waals surface area contributed by atoms with Crippen molar-refractivity contribution in [1.29, 1.82) is 0 Å². The van der Waals surface area contributed by atoms with E-state index in [9.17, 15) is 4.79 Å². The maximum atomic E-state index is 12.5. The van der Waals surface area contributed by atoms with Crippen molar-refractivity contribution in [2.75, 3.05) is 13.1 Å². The minimum Gasteiger partial charge on any atom is -0.348 e. The number of hydrogen-bond acceptors (Lipinski definition) is 3. The van der Waals surface area contributed by atoms with Crippen molar-refractivity contribution >= 4 is 5.91 Å². The van der Waals surface area contributed by atoms with E-state index in [4.69, 9.17) is 0 Å². The molecule has 0 bridgehead atoms. The van der Waals surface area contributed by atoms with E-state index in [0.717, 1.165) is 26.1 Å². The second-order valence-corrected chi connectivity index (χ2v) is 7.09. The van der Waals surface area contributed by atoms with Gasteiger partial charge in [0.25, 0.3) is 5.91 Å². The van der Waals surface area contributed by atoms with Crippen LogP contribution in [0.3, 0.4) is 0 Å². The molecule has 0 aliphatic carbocycles. The summed E-state index contributed by atoms with van der Waals surface area (Å²) < 4.78 is 1.81. The lowest BCUT2D eigenvalue weighted by molar-refractivity contribution is 0.0937. The number of benzene rings is 2. The first-order chi connectivity index (χ1) is 13.3. The van der Waals surface area contributed by atoms with Crippen molar-refractivity contribution in [3.05, 3.63) is 89.7 Å². The van der Waals surface area contributed by atoms with E-state index >= 15 is 0 Å². The molecule has 1 amide bonds. The zero-order valence-corrected chi connectivity index (χ0v) is 15.3. The number of rotatable bonds is 6. The summed E-state index contributed by atoms with van der Waals surface area (Å²) in [6, 6.07) is 20.8. The monoisotopic (exact) mass is 360 g/mol. The van der Waals surface area contributed by atoms with Gasteiger partial charge in [-0.15, -0.1) is 0 Å². The zero-order valence-electron chi connectivity index (χ0n) is 15.3. The number of likely N-dealkylation sites (tertiary alicyclic amines) is 1. The number of aromatic nitrogens is 2. The summed E-state index contributed by atoms with van der Waals surface area (Å²) in [5.74, 6) is -0.0409. The van der Waals surface area contributed by atoms with Gasteiger partial charge in [-0.25, -0.2) is 0 Å². The van der Waals surface area contributed by atoms with Crippen molar-refractivity contribution in [1.82, 2.24) is 20.0 Å². The van der Waals surface area contributed by atoms with Crippen molar-refractivity contribution in [2.45, 2.75) is 25.6 Å². The van der Waals surface area contributed by atoms with Crippen LogP contribution in [0.25, 0.3) is 0 Å². The van der Waals surface area contributed by atoms with Gasteiger partial charge in [0, 0.05) is 31.9 Å². The summed E-state index contributed by atoms with van der Waals surface area (Å²) in [5, 5.41) is 7.48. The molecule has 2 heterocycles. The maximum Gasteiger partial charge on any atom is 0.254 e. The molecule has 4 rings (SSSR count). The van der Waals surface area contributed by atoms with Crippen LogP contribution in [0.5, 0.6) is 0 Å². The molecular formula is C22H24N4O. The fraction of sp³-hybridized carbons (Fsp3) is 0.273. The van der Waals surface area contributed by atoms with Gasteiger partial charge in [-0.2, -0.15) is 5.10 Å². The molecule has 1 aromatic heterocycles. The highest BCUT2D eigenvalue weighted by Gasteiger charge is 2.24. The Morgan fingerprint density at radius 2 is 1.67 bits per heavy atom. The minimum atomic E-state index is -0.0409. The van der Waals surface area contributed by atoms with Crippen LogP contribution in [0.15, 0.2) is 73.1 Å². The molecule has 138 valence electrons. The summed E-state index contributed by atoms with van der Waals surface area (Å²) in [7, 11) is 0. The lowest BCUT2D eigenvalue weighted by Gasteiger charge is -2.16. The first kappa shape index (κ1) is 17.5. The fourth-order valence-electron chi connectivity index (χ4n) is 3.54. The second-order valence-electron chi connectivity index (χ2n) is 7.09. The standard InChI is InChI=1S/C22H24N4O/c27-22(20-13-23-26(16-20)15-19-9-5-2-6-10-19)24-21-11-12-25(17-21)14-18-7-3-1-4-8-18/h1-10,13,16,21H,11-12,14-15,17H2,(H,24,27)/t21-/m0/s1. The van der Waals surface area contributed by atoms with E-state index in [2.05, 4.69) is 51.7 Å². The van der Waals surface area contributed by atoms with Crippen molar-refractivity contribution in [2.24, 2.45) is 0 Å². The average molecular weight is 360 g/mol. The Bertz CT molecular complexity index is 876. The maximum absolute atomic E-state index is 12.5. The SMILES string of the molecule is O=C(N[C@H]1CCN(Cc2ccccc2)C1)c1cnn(Cc2ccccc2)c1. The van der Waals surface area contributed by atoms with Crippen LogP contribution in [-0.2, 0) is 13.1 Å². The molecule has 1 saturated heterocycles. The predicted octanol–water partition coefficient (Wildman–Crippen LogP) is 2.94. The number of carbonyl (C=O) groups excluding carboxylic acids is 1. The van der Waals surface area contributed by atoms with Gasteiger partial charge in [0.1, 0.15) is 0 Å². The van der Waals surface area contributed by atoms with Crippen LogP contribution in [0.1, 0.15) is 27.9 Å². The van der Waals surface area contributed by atoms with Gasteiger partial charge in [-0.05, 0) is 17.5 Å². The molecule has 1 aliphatic heterocycles. The van der Waals surface area contributed by atoms with Crippen LogP contribution in [0.4, 0.5) is 0 Å².